The molecule has 0 saturated heterocycles. The maximum absolute atomic E-state index is 12.6. The van der Waals surface area contributed by atoms with E-state index < -0.39 is 5.91 Å². The molecule has 0 aliphatic carbocycles. The number of aryl methyl sites for hydroxylation is 2. The Bertz CT molecular complexity index is 895. The Labute approximate surface area is 163 Å². The van der Waals surface area contributed by atoms with Crippen LogP contribution < -0.4 is 10.6 Å². The average Bonchev–Trinajstić information content (AvgIpc) is 2.58. The van der Waals surface area contributed by atoms with Crippen LogP contribution in [0.15, 0.2) is 52.6 Å². The highest BCUT2D eigenvalue weighted by Gasteiger charge is 2.15. The number of nitriles is 1. The largest absolute Gasteiger partial charge is 0.359 e. The standard InChI is InChI=1S/C21H22BrN3O/c1-13(2)17-7-5-6-15(4)20(17)25-21(26)16(11-23)12-24-19-9-8-14(3)10-18(19)22/h5-10,12-13,24H,1-4H3,(H,25,26)/b16-12-. The third kappa shape index (κ3) is 4.74. The highest BCUT2D eigenvalue weighted by molar-refractivity contribution is 9.10. The molecule has 0 fully saturated rings. The van der Waals surface area contributed by atoms with Crippen molar-refractivity contribution in [3.05, 3.63) is 69.3 Å². The van der Waals surface area contributed by atoms with Gasteiger partial charge in [-0.25, -0.2) is 0 Å². The van der Waals surface area contributed by atoms with E-state index in [9.17, 15) is 10.1 Å². The van der Waals surface area contributed by atoms with Crippen LogP contribution in [0.5, 0.6) is 0 Å². The zero-order valence-corrected chi connectivity index (χ0v) is 16.9. The molecule has 0 saturated carbocycles. The number of carbonyl (C=O) groups excluding carboxylic acids is 1. The lowest BCUT2D eigenvalue weighted by Crippen LogP contribution is -2.17. The van der Waals surface area contributed by atoms with E-state index >= 15 is 0 Å². The maximum Gasteiger partial charge on any atom is 0.267 e. The number of rotatable bonds is 5. The van der Waals surface area contributed by atoms with Crippen LogP contribution in [0.2, 0.25) is 0 Å². The Morgan fingerprint density at radius 1 is 1.23 bits per heavy atom. The van der Waals surface area contributed by atoms with Crippen LogP contribution in [0.25, 0.3) is 0 Å². The highest BCUT2D eigenvalue weighted by Crippen LogP contribution is 2.28. The Morgan fingerprint density at radius 2 is 1.96 bits per heavy atom. The zero-order valence-electron chi connectivity index (χ0n) is 15.4. The van der Waals surface area contributed by atoms with Crippen LogP contribution in [0.1, 0.15) is 36.5 Å². The van der Waals surface area contributed by atoms with Crippen molar-refractivity contribution in [2.45, 2.75) is 33.6 Å². The normalized spacial score (nSPS) is 11.2. The Hall–Kier alpha value is -2.58. The molecular weight excluding hydrogens is 390 g/mol. The van der Waals surface area contributed by atoms with Crippen LogP contribution in [0.3, 0.4) is 0 Å². The first kappa shape index (κ1) is 19.7. The van der Waals surface area contributed by atoms with Crippen molar-refractivity contribution in [3.63, 3.8) is 0 Å². The summed E-state index contributed by atoms with van der Waals surface area (Å²) in [5.74, 6) is -0.166. The van der Waals surface area contributed by atoms with Crippen molar-refractivity contribution in [1.29, 1.82) is 5.26 Å². The first-order valence-corrected chi connectivity index (χ1v) is 9.16. The van der Waals surface area contributed by atoms with Gasteiger partial charge in [0, 0.05) is 16.4 Å². The molecule has 2 aromatic rings. The number of benzene rings is 2. The summed E-state index contributed by atoms with van der Waals surface area (Å²) in [6, 6.07) is 13.7. The third-order valence-electron chi connectivity index (χ3n) is 4.03. The van der Waals surface area contributed by atoms with Crippen molar-refractivity contribution in [3.8, 4) is 6.07 Å². The van der Waals surface area contributed by atoms with E-state index in [4.69, 9.17) is 0 Å². The number of nitrogens with one attached hydrogen (secondary N) is 2. The molecule has 5 heteroatoms. The summed E-state index contributed by atoms with van der Waals surface area (Å²) in [5.41, 5.74) is 4.70. The van der Waals surface area contributed by atoms with Gasteiger partial charge in [0.25, 0.3) is 5.91 Å². The van der Waals surface area contributed by atoms with E-state index in [2.05, 4.69) is 40.4 Å². The molecule has 0 bridgehead atoms. The van der Waals surface area contributed by atoms with Gasteiger partial charge < -0.3 is 10.6 Å². The van der Waals surface area contributed by atoms with Gasteiger partial charge in [-0.05, 0) is 64.5 Å². The third-order valence-corrected chi connectivity index (χ3v) is 4.68. The second-order valence-corrected chi connectivity index (χ2v) is 7.30. The van der Waals surface area contributed by atoms with Gasteiger partial charge in [-0.15, -0.1) is 0 Å². The Morgan fingerprint density at radius 3 is 2.58 bits per heavy atom. The molecule has 0 aromatic heterocycles. The summed E-state index contributed by atoms with van der Waals surface area (Å²) in [5, 5.41) is 15.3. The minimum Gasteiger partial charge on any atom is -0.359 e. The van der Waals surface area contributed by atoms with Gasteiger partial charge >= 0.3 is 0 Å². The Kier molecular flexibility index (Phi) is 6.59. The van der Waals surface area contributed by atoms with Gasteiger partial charge in [-0.2, -0.15) is 5.26 Å². The predicted octanol–water partition coefficient (Wildman–Crippen LogP) is 5.65. The average molecular weight is 412 g/mol. The fraction of sp³-hybridized carbons (Fsp3) is 0.238. The summed E-state index contributed by atoms with van der Waals surface area (Å²) >= 11 is 3.47. The number of hydrogen-bond acceptors (Lipinski definition) is 3. The fourth-order valence-corrected chi connectivity index (χ4v) is 3.17. The van der Waals surface area contributed by atoms with Crippen LogP contribution in [0.4, 0.5) is 11.4 Å². The first-order chi connectivity index (χ1) is 12.3. The maximum atomic E-state index is 12.6. The van der Waals surface area contributed by atoms with Crippen molar-refractivity contribution in [2.24, 2.45) is 0 Å². The monoisotopic (exact) mass is 411 g/mol. The number of para-hydroxylation sites is 1. The topological polar surface area (TPSA) is 64.9 Å². The first-order valence-electron chi connectivity index (χ1n) is 8.37. The minimum atomic E-state index is -0.431. The lowest BCUT2D eigenvalue weighted by atomic mass is 9.98. The molecule has 0 aliphatic heterocycles. The molecule has 2 rings (SSSR count). The molecule has 2 aromatic carbocycles. The van der Waals surface area contributed by atoms with Crippen molar-refractivity contribution < 1.29 is 4.79 Å². The van der Waals surface area contributed by atoms with E-state index in [-0.39, 0.29) is 11.5 Å². The molecule has 0 unspecified atom stereocenters. The van der Waals surface area contributed by atoms with E-state index in [1.54, 1.807) is 0 Å². The molecule has 4 nitrogen and oxygen atoms in total. The molecule has 0 heterocycles. The fourth-order valence-electron chi connectivity index (χ4n) is 2.56. The van der Waals surface area contributed by atoms with Gasteiger partial charge in [-0.1, -0.05) is 38.1 Å². The molecule has 0 aliphatic rings. The van der Waals surface area contributed by atoms with Crippen molar-refractivity contribution in [2.75, 3.05) is 10.6 Å². The van der Waals surface area contributed by atoms with Crippen LogP contribution >= 0.6 is 15.9 Å². The number of nitrogens with zero attached hydrogens (tertiary/aromatic N) is 1. The molecule has 26 heavy (non-hydrogen) atoms. The van der Waals surface area contributed by atoms with Crippen LogP contribution in [0, 0.1) is 25.2 Å². The number of carbonyl (C=O) groups is 1. The second-order valence-electron chi connectivity index (χ2n) is 6.45. The molecular formula is C21H22BrN3O. The smallest absolute Gasteiger partial charge is 0.267 e. The summed E-state index contributed by atoms with van der Waals surface area (Å²) in [4.78, 5) is 12.6. The number of hydrogen-bond donors (Lipinski definition) is 2. The predicted molar refractivity (Wildman–Crippen MR) is 110 cm³/mol. The number of halogens is 1. The van der Waals surface area contributed by atoms with E-state index in [1.807, 2.05) is 56.3 Å². The summed E-state index contributed by atoms with van der Waals surface area (Å²) in [6.07, 6.45) is 1.43. The van der Waals surface area contributed by atoms with Crippen molar-refractivity contribution in [1.82, 2.24) is 0 Å². The van der Waals surface area contributed by atoms with Crippen molar-refractivity contribution >= 4 is 33.2 Å². The number of amides is 1. The highest BCUT2D eigenvalue weighted by atomic mass is 79.9. The minimum absolute atomic E-state index is 0.00966. The quantitative estimate of drug-likeness (QED) is 0.493. The lowest BCUT2D eigenvalue weighted by molar-refractivity contribution is -0.112. The van der Waals surface area contributed by atoms with Crippen LogP contribution in [-0.4, -0.2) is 5.91 Å². The summed E-state index contributed by atoms with van der Waals surface area (Å²) in [7, 11) is 0. The Balaban J connectivity index is 2.23. The SMILES string of the molecule is Cc1ccc(N/C=C(/C#N)C(=O)Nc2c(C)cccc2C(C)C)c(Br)c1. The number of anilines is 2. The van der Waals surface area contributed by atoms with Gasteiger partial charge in [0.05, 0.1) is 5.69 Å². The molecule has 0 atom stereocenters. The van der Waals surface area contributed by atoms with Gasteiger partial charge in [-0.3, -0.25) is 4.79 Å². The van der Waals surface area contributed by atoms with E-state index in [0.717, 1.165) is 32.5 Å². The molecule has 0 spiro atoms. The second kappa shape index (κ2) is 8.68. The molecule has 1 amide bonds. The van der Waals surface area contributed by atoms with Gasteiger partial charge in [0.2, 0.25) is 0 Å². The van der Waals surface area contributed by atoms with E-state index in [1.165, 1.54) is 6.20 Å². The lowest BCUT2D eigenvalue weighted by Gasteiger charge is -2.16. The molecule has 134 valence electrons. The summed E-state index contributed by atoms with van der Waals surface area (Å²) in [6.45, 7) is 8.08. The molecule has 2 N–H and O–H groups in total. The van der Waals surface area contributed by atoms with Gasteiger partial charge in [0.15, 0.2) is 0 Å². The molecule has 0 radical (unpaired) electrons. The van der Waals surface area contributed by atoms with Gasteiger partial charge in [0.1, 0.15) is 11.6 Å². The van der Waals surface area contributed by atoms with E-state index in [0.29, 0.717) is 0 Å². The zero-order chi connectivity index (χ0) is 19.3. The summed E-state index contributed by atoms with van der Waals surface area (Å²) < 4.78 is 0.868. The van der Waals surface area contributed by atoms with Crippen LogP contribution in [-0.2, 0) is 4.79 Å².